The molecule has 1 unspecified atom stereocenters. The van der Waals surface area contributed by atoms with Crippen LogP contribution >= 0.6 is 11.8 Å². The summed E-state index contributed by atoms with van der Waals surface area (Å²) in [7, 11) is 0. The Balaban J connectivity index is 2.18. The van der Waals surface area contributed by atoms with E-state index >= 15 is 0 Å². The van der Waals surface area contributed by atoms with Gasteiger partial charge in [0.05, 0.1) is 5.25 Å². The molecule has 0 saturated carbocycles. The van der Waals surface area contributed by atoms with E-state index in [9.17, 15) is 4.79 Å². The van der Waals surface area contributed by atoms with Gasteiger partial charge in [-0.2, -0.15) is 11.8 Å². The first-order valence-corrected chi connectivity index (χ1v) is 5.89. The lowest BCUT2D eigenvalue weighted by Crippen LogP contribution is -2.14. The van der Waals surface area contributed by atoms with Crippen LogP contribution in [0, 0.1) is 5.92 Å². The highest BCUT2D eigenvalue weighted by Crippen LogP contribution is 2.28. The van der Waals surface area contributed by atoms with E-state index in [1.54, 1.807) is 0 Å². The molecular formula is C10H18OS. The molecule has 1 saturated heterocycles. The number of hydrogen-bond donors (Lipinski definition) is 0. The molecule has 1 atom stereocenters. The van der Waals surface area contributed by atoms with Crippen molar-refractivity contribution < 1.29 is 4.79 Å². The van der Waals surface area contributed by atoms with Crippen LogP contribution in [-0.4, -0.2) is 16.8 Å². The van der Waals surface area contributed by atoms with Gasteiger partial charge < -0.3 is 0 Å². The number of hydrogen-bond acceptors (Lipinski definition) is 2. The van der Waals surface area contributed by atoms with E-state index in [-0.39, 0.29) is 0 Å². The van der Waals surface area contributed by atoms with Gasteiger partial charge >= 0.3 is 0 Å². The summed E-state index contributed by atoms with van der Waals surface area (Å²) in [5, 5.41) is 0.351. The lowest BCUT2D eigenvalue weighted by atomic mass is 10.0. The molecule has 1 rings (SSSR count). The van der Waals surface area contributed by atoms with Gasteiger partial charge in [0.15, 0.2) is 0 Å². The number of carbonyl (C=O) groups excluding carboxylic acids is 1. The molecule has 1 fully saturated rings. The van der Waals surface area contributed by atoms with E-state index in [4.69, 9.17) is 0 Å². The molecule has 0 aromatic rings. The molecule has 0 aliphatic carbocycles. The highest BCUT2D eigenvalue weighted by atomic mass is 32.2. The molecule has 0 amide bonds. The summed E-state index contributed by atoms with van der Waals surface area (Å²) in [4.78, 5) is 11.5. The third-order valence-electron chi connectivity index (χ3n) is 2.26. The second-order valence-electron chi connectivity index (χ2n) is 3.90. The number of carbonyl (C=O) groups is 1. The minimum Gasteiger partial charge on any atom is -0.298 e. The van der Waals surface area contributed by atoms with Crippen LogP contribution in [0.15, 0.2) is 0 Å². The van der Waals surface area contributed by atoms with Crippen LogP contribution in [0.1, 0.15) is 39.5 Å². The Bertz CT molecular complexity index is 148. The van der Waals surface area contributed by atoms with Gasteiger partial charge in [0.2, 0.25) is 0 Å². The maximum atomic E-state index is 11.5. The summed E-state index contributed by atoms with van der Waals surface area (Å²) < 4.78 is 0. The maximum Gasteiger partial charge on any atom is 0.145 e. The normalized spacial score (nSPS) is 23.4. The van der Waals surface area contributed by atoms with Crippen molar-refractivity contribution >= 4 is 17.5 Å². The van der Waals surface area contributed by atoms with Gasteiger partial charge in [0.1, 0.15) is 5.78 Å². The Kier molecular flexibility index (Phi) is 4.13. The average Bonchev–Trinajstić information content (AvgIpc) is 2.51. The molecule has 1 aliphatic heterocycles. The summed E-state index contributed by atoms with van der Waals surface area (Å²) >= 11 is 1.85. The summed E-state index contributed by atoms with van der Waals surface area (Å²) in [6.45, 7) is 4.35. The third kappa shape index (κ3) is 3.18. The van der Waals surface area contributed by atoms with E-state index in [2.05, 4.69) is 13.8 Å². The van der Waals surface area contributed by atoms with E-state index in [1.807, 2.05) is 11.8 Å². The molecule has 1 heterocycles. The van der Waals surface area contributed by atoms with Gasteiger partial charge in [-0.15, -0.1) is 0 Å². The Morgan fingerprint density at radius 1 is 1.58 bits per heavy atom. The van der Waals surface area contributed by atoms with Crippen molar-refractivity contribution in [1.82, 2.24) is 0 Å². The van der Waals surface area contributed by atoms with Crippen molar-refractivity contribution in [3.8, 4) is 0 Å². The first-order valence-electron chi connectivity index (χ1n) is 4.84. The molecule has 0 bridgehead atoms. The molecule has 0 spiro atoms. The first kappa shape index (κ1) is 10.1. The van der Waals surface area contributed by atoms with Gasteiger partial charge in [0.25, 0.3) is 0 Å². The average molecular weight is 186 g/mol. The van der Waals surface area contributed by atoms with Gasteiger partial charge in [-0.25, -0.2) is 0 Å². The van der Waals surface area contributed by atoms with Crippen LogP contribution in [0.25, 0.3) is 0 Å². The van der Waals surface area contributed by atoms with Gasteiger partial charge in [-0.3, -0.25) is 4.79 Å². The maximum absolute atomic E-state index is 11.5. The fourth-order valence-corrected chi connectivity index (χ4v) is 2.68. The summed E-state index contributed by atoms with van der Waals surface area (Å²) in [6, 6.07) is 0. The molecule has 0 aromatic carbocycles. The minimum atomic E-state index is 0.351. The van der Waals surface area contributed by atoms with Gasteiger partial charge in [0, 0.05) is 6.42 Å². The fourth-order valence-electron chi connectivity index (χ4n) is 1.42. The third-order valence-corrected chi connectivity index (χ3v) is 3.68. The van der Waals surface area contributed by atoms with Crippen LogP contribution in [0.3, 0.4) is 0 Å². The Morgan fingerprint density at radius 2 is 2.33 bits per heavy atom. The molecule has 0 aromatic heterocycles. The molecule has 12 heavy (non-hydrogen) atoms. The number of rotatable bonds is 4. The van der Waals surface area contributed by atoms with E-state index in [0.29, 0.717) is 17.0 Å². The second-order valence-corrected chi connectivity index (χ2v) is 5.21. The second kappa shape index (κ2) is 4.90. The summed E-state index contributed by atoms with van der Waals surface area (Å²) in [5.41, 5.74) is 0. The smallest absolute Gasteiger partial charge is 0.145 e. The molecule has 1 nitrogen and oxygen atoms in total. The van der Waals surface area contributed by atoms with Crippen LogP contribution < -0.4 is 0 Å². The molecular weight excluding hydrogens is 168 g/mol. The van der Waals surface area contributed by atoms with Crippen molar-refractivity contribution in [1.29, 1.82) is 0 Å². The SMILES string of the molecule is CC(C)CCC(=O)C1CCCS1. The molecule has 0 radical (unpaired) electrons. The van der Waals surface area contributed by atoms with Crippen molar-refractivity contribution in [3.05, 3.63) is 0 Å². The molecule has 0 N–H and O–H groups in total. The predicted octanol–water partition coefficient (Wildman–Crippen LogP) is 2.89. The summed E-state index contributed by atoms with van der Waals surface area (Å²) in [6.07, 6.45) is 4.23. The lowest BCUT2D eigenvalue weighted by Gasteiger charge is -2.08. The molecule has 1 aliphatic rings. The van der Waals surface area contributed by atoms with Gasteiger partial charge in [-0.05, 0) is 30.9 Å². The highest BCUT2D eigenvalue weighted by Gasteiger charge is 2.22. The van der Waals surface area contributed by atoms with E-state index in [1.165, 1.54) is 12.2 Å². The van der Waals surface area contributed by atoms with Crippen molar-refractivity contribution in [3.63, 3.8) is 0 Å². The quantitative estimate of drug-likeness (QED) is 0.671. The number of Topliss-reactive ketones (excluding diaryl/α,β-unsaturated/α-hetero) is 1. The van der Waals surface area contributed by atoms with Crippen molar-refractivity contribution in [2.24, 2.45) is 5.92 Å². The van der Waals surface area contributed by atoms with Crippen molar-refractivity contribution in [2.75, 3.05) is 5.75 Å². The zero-order valence-electron chi connectivity index (χ0n) is 8.01. The Hall–Kier alpha value is 0.0200. The minimum absolute atomic E-state index is 0.351. The zero-order chi connectivity index (χ0) is 8.97. The van der Waals surface area contributed by atoms with Crippen LogP contribution in [-0.2, 0) is 4.79 Å². The highest BCUT2D eigenvalue weighted by molar-refractivity contribution is 8.00. The Morgan fingerprint density at radius 3 is 2.83 bits per heavy atom. The largest absolute Gasteiger partial charge is 0.298 e. The topological polar surface area (TPSA) is 17.1 Å². The Labute approximate surface area is 79.3 Å². The van der Waals surface area contributed by atoms with Crippen molar-refractivity contribution in [2.45, 2.75) is 44.8 Å². The van der Waals surface area contributed by atoms with Crippen LogP contribution in [0.4, 0.5) is 0 Å². The lowest BCUT2D eigenvalue weighted by molar-refractivity contribution is -0.118. The first-order chi connectivity index (χ1) is 5.70. The van der Waals surface area contributed by atoms with Gasteiger partial charge in [-0.1, -0.05) is 13.8 Å². The summed E-state index contributed by atoms with van der Waals surface area (Å²) in [5.74, 6) is 2.35. The standard InChI is InChI=1S/C10H18OS/c1-8(2)5-6-9(11)10-4-3-7-12-10/h8,10H,3-7H2,1-2H3. The monoisotopic (exact) mass is 186 g/mol. The number of thioether (sulfide) groups is 1. The fraction of sp³-hybridized carbons (Fsp3) is 0.900. The van der Waals surface area contributed by atoms with E-state index in [0.717, 1.165) is 19.3 Å². The molecule has 70 valence electrons. The van der Waals surface area contributed by atoms with Crippen LogP contribution in [0.2, 0.25) is 0 Å². The van der Waals surface area contributed by atoms with Crippen LogP contribution in [0.5, 0.6) is 0 Å². The predicted molar refractivity (Wildman–Crippen MR) is 54.6 cm³/mol. The molecule has 2 heteroatoms. The number of ketones is 1. The zero-order valence-corrected chi connectivity index (χ0v) is 8.82. The van der Waals surface area contributed by atoms with E-state index < -0.39 is 0 Å².